The first kappa shape index (κ1) is 17.1. The highest BCUT2D eigenvalue weighted by molar-refractivity contribution is 6.38. The molecule has 0 aliphatic rings. The Morgan fingerprint density at radius 1 is 1.39 bits per heavy atom. The molecule has 1 aromatic heterocycles. The fraction of sp³-hybridized carbons (Fsp3) is 0.143. The number of phenols is 1. The monoisotopic (exact) mass is 360 g/mol. The number of ether oxygens (including phenoxy) is 1. The van der Waals surface area contributed by atoms with Gasteiger partial charge in [-0.25, -0.2) is 0 Å². The molecule has 0 fully saturated rings. The third-order valence-corrected chi connectivity index (χ3v) is 3.47. The number of aryl methyl sites for hydroxylation is 1. The predicted molar refractivity (Wildman–Crippen MR) is 83.3 cm³/mol. The summed E-state index contributed by atoms with van der Waals surface area (Å²) in [5.74, 6) is -2.32. The van der Waals surface area contributed by atoms with Crippen LogP contribution in [0.5, 0.6) is 17.2 Å². The molecule has 0 saturated carbocycles. The molecule has 1 aromatic carbocycles. The number of pyridine rings is 1. The fourth-order valence-electron chi connectivity index (χ4n) is 1.67. The molecule has 0 atom stereocenters. The van der Waals surface area contributed by atoms with Gasteiger partial charge in [-0.1, -0.05) is 23.2 Å². The lowest BCUT2D eigenvalue weighted by Gasteiger charge is -2.14. The highest BCUT2D eigenvalue weighted by Crippen LogP contribution is 2.41. The number of aliphatic carboxylic acids is 1. The van der Waals surface area contributed by atoms with Crippen LogP contribution in [0.1, 0.15) is 5.56 Å². The molecule has 0 aliphatic heterocycles. The van der Waals surface area contributed by atoms with Gasteiger partial charge in [0.1, 0.15) is 28.1 Å². The number of hydrogen-bond acceptors (Lipinski definition) is 5. The number of benzene rings is 1. The second-order valence-corrected chi connectivity index (χ2v) is 5.26. The zero-order chi connectivity index (χ0) is 17.1. The third-order valence-electron chi connectivity index (χ3n) is 2.79. The first-order valence-corrected chi connectivity index (χ1v) is 7.02. The quantitative estimate of drug-likeness (QED) is 0.701. The van der Waals surface area contributed by atoms with Gasteiger partial charge in [-0.3, -0.25) is 4.79 Å². The van der Waals surface area contributed by atoms with Gasteiger partial charge in [0.05, 0.1) is 0 Å². The lowest BCUT2D eigenvalue weighted by Crippen LogP contribution is -2.14. The number of nitrogens with one attached hydrogen (secondary N) is 1. The Morgan fingerprint density at radius 3 is 2.70 bits per heavy atom. The van der Waals surface area contributed by atoms with Gasteiger partial charge in [-0.15, -0.1) is 0 Å². The Morgan fingerprint density at radius 2 is 2.09 bits per heavy atom. The van der Waals surface area contributed by atoms with Crippen LogP contribution < -0.4 is 10.1 Å². The van der Waals surface area contributed by atoms with E-state index >= 15 is 0 Å². The van der Waals surface area contributed by atoms with Crippen molar-refractivity contribution in [2.24, 2.45) is 0 Å². The van der Waals surface area contributed by atoms with Crippen molar-refractivity contribution in [3.63, 3.8) is 0 Å². The van der Waals surface area contributed by atoms with Crippen LogP contribution >= 0.6 is 23.2 Å². The molecule has 23 heavy (non-hydrogen) atoms. The summed E-state index contributed by atoms with van der Waals surface area (Å²) >= 11 is 11.9. The first-order chi connectivity index (χ1) is 10.8. The molecule has 0 amide bonds. The third kappa shape index (κ3) is 3.94. The number of carbonyl (C=O) groups is 1. The van der Waals surface area contributed by atoms with Crippen LogP contribution in [0.15, 0.2) is 18.2 Å². The van der Waals surface area contributed by atoms with Crippen molar-refractivity contribution in [1.29, 1.82) is 0 Å². The van der Waals surface area contributed by atoms with E-state index in [9.17, 15) is 14.3 Å². The van der Waals surface area contributed by atoms with Crippen LogP contribution in [0.3, 0.4) is 0 Å². The molecule has 0 bridgehead atoms. The highest BCUT2D eigenvalue weighted by Gasteiger charge is 2.20. The zero-order valence-electron chi connectivity index (χ0n) is 11.7. The van der Waals surface area contributed by atoms with Gasteiger partial charge in [0.15, 0.2) is 11.6 Å². The molecular weight excluding hydrogens is 350 g/mol. The number of rotatable bonds is 5. The molecular formula is C14H11Cl2FN2O4. The summed E-state index contributed by atoms with van der Waals surface area (Å²) < 4.78 is 19.2. The van der Waals surface area contributed by atoms with Crippen LogP contribution in [0, 0.1) is 12.9 Å². The predicted octanol–water partition coefficient (Wildman–Crippen LogP) is 3.83. The number of hydrogen-bond donors (Lipinski definition) is 3. The van der Waals surface area contributed by atoms with Crippen LogP contribution in [-0.2, 0) is 4.79 Å². The number of nitrogens with zero attached hydrogens (tertiary/aromatic N) is 1. The Hall–Kier alpha value is -2.25. The Balaban J connectivity index is 2.39. The molecule has 2 rings (SSSR count). The number of carboxylic acids is 1. The lowest BCUT2D eigenvalue weighted by atomic mass is 10.2. The molecule has 0 radical (unpaired) electrons. The maximum absolute atomic E-state index is 13.8. The second-order valence-electron chi connectivity index (χ2n) is 4.51. The standard InChI is InChI=1S/C14H11Cl2FN2O4/c1-6-4-7(2-3-8(6)20)23-12-10(15)13(17)19-14(11(12)16)18-5-9(21)22/h2-4,20H,5H2,1H3,(H,18,19)(H,21,22). The second kappa shape index (κ2) is 6.89. The van der Waals surface area contributed by atoms with E-state index in [1.54, 1.807) is 6.92 Å². The van der Waals surface area contributed by atoms with E-state index < -0.39 is 23.5 Å². The SMILES string of the molecule is Cc1cc(Oc2c(Cl)c(F)nc(NCC(=O)O)c2Cl)ccc1O. The van der Waals surface area contributed by atoms with Crippen molar-refractivity contribution in [2.45, 2.75) is 6.92 Å². The number of halogens is 3. The van der Waals surface area contributed by atoms with Gasteiger partial charge in [0.2, 0.25) is 5.95 Å². The van der Waals surface area contributed by atoms with Gasteiger partial charge in [-0.2, -0.15) is 9.37 Å². The molecule has 9 heteroatoms. The van der Waals surface area contributed by atoms with Crippen LogP contribution in [0.2, 0.25) is 10.0 Å². The maximum Gasteiger partial charge on any atom is 0.322 e. The minimum atomic E-state index is -1.17. The van der Waals surface area contributed by atoms with Crippen molar-refractivity contribution in [3.05, 3.63) is 39.8 Å². The van der Waals surface area contributed by atoms with Gasteiger partial charge in [-0.05, 0) is 30.7 Å². The van der Waals surface area contributed by atoms with E-state index in [0.29, 0.717) is 5.56 Å². The molecule has 122 valence electrons. The van der Waals surface area contributed by atoms with Gasteiger partial charge < -0.3 is 20.3 Å². The summed E-state index contributed by atoms with van der Waals surface area (Å²) in [5.41, 5.74) is 0.536. The maximum atomic E-state index is 13.8. The summed E-state index contributed by atoms with van der Waals surface area (Å²) in [5, 5.41) is 19.9. The average molecular weight is 361 g/mol. The largest absolute Gasteiger partial charge is 0.508 e. The smallest absolute Gasteiger partial charge is 0.322 e. The van der Waals surface area contributed by atoms with E-state index in [1.807, 2.05) is 0 Å². The normalized spacial score (nSPS) is 10.4. The molecule has 3 N–H and O–H groups in total. The summed E-state index contributed by atoms with van der Waals surface area (Å²) in [6.07, 6.45) is 0. The van der Waals surface area contributed by atoms with Crippen LogP contribution in [0.4, 0.5) is 10.2 Å². The average Bonchev–Trinajstić information content (AvgIpc) is 2.49. The van der Waals surface area contributed by atoms with E-state index in [-0.39, 0.29) is 28.1 Å². The number of aromatic hydroxyl groups is 1. The van der Waals surface area contributed by atoms with Crippen molar-refractivity contribution < 1.29 is 24.1 Å². The topological polar surface area (TPSA) is 91.7 Å². The Labute approximate surface area is 140 Å². The van der Waals surface area contributed by atoms with Crippen LogP contribution in [0.25, 0.3) is 0 Å². The van der Waals surface area contributed by atoms with E-state index in [1.165, 1.54) is 18.2 Å². The van der Waals surface area contributed by atoms with E-state index in [2.05, 4.69) is 10.3 Å². The van der Waals surface area contributed by atoms with E-state index in [4.69, 9.17) is 33.0 Å². The van der Waals surface area contributed by atoms with Crippen molar-refractivity contribution in [1.82, 2.24) is 4.98 Å². The van der Waals surface area contributed by atoms with Gasteiger partial charge in [0, 0.05) is 0 Å². The minimum absolute atomic E-state index is 0.0688. The van der Waals surface area contributed by atoms with Crippen molar-refractivity contribution >= 4 is 35.0 Å². The lowest BCUT2D eigenvalue weighted by molar-refractivity contribution is -0.134. The minimum Gasteiger partial charge on any atom is -0.508 e. The number of carboxylic acid groups (broad SMARTS) is 1. The molecule has 0 aliphatic carbocycles. The summed E-state index contributed by atoms with van der Waals surface area (Å²) in [6, 6.07) is 4.34. The first-order valence-electron chi connectivity index (χ1n) is 6.27. The van der Waals surface area contributed by atoms with Crippen LogP contribution in [-0.4, -0.2) is 27.7 Å². The molecule has 0 unspecified atom stereocenters. The summed E-state index contributed by atoms with van der Waals surface area (Å²) in [6.45, 7) is 1.14. The fourth-order valence-corrected chi connectivity index (χ4v) is 2.14. The molecule has 2 aromatic rings. The van der Waals surface area contributed by atoms with Gasteiger partial charge >= 0.3 is 5.97 Å². The van der Waals surface area contributed by atoms with E-state index in [0.717, 1.165) is 0 Å². The Kier molecular flexibility index (Phi) is 5.12. The molecule has 6 nitrogen and oxygen atoms in total. The number of aromatic nitrogens is 1. The van der Waals surface area contributed by atoms with Crippen molar-refractivity contribution in [2.75, 3.05) is 11.9 Å². The highest BCUT2D eigenvalue weighted by atomic mass is 35.5. The number of phenolic OH excluding ortho intramolecular Hbond substituents is 1. The zero-order valence-corrected chi connectivity index (χ0v) is 13.2. The van der Waals surface area contributed by atoms with Crippen molar-refractivity contribution in [3.8, 4) is 17.2 Å². The summed E-state index contributed by atoms with van der Waals surface area (Å²) in [4.78, 5) is 14.0. The van der Waals surface area contributed by atoms with Gasteiger partial charge in [0.25, 0.3) is 0 Å². The molecule has 1 heterocycles. The summed E-state index contributed by atoms with van der Waals surface area (Å²) in [7, 11) is 0. The molecule has 0 spiro atoms. The number of anilines is 1. The molecule has 0 saturated heterocycles. The Bertz CT molecular complexity index is 771.